The molecule has 0 aliphatic carbocycles. The third kappa shape index (κ3) is 5.32. The molecule has 4 rings (SSSR count). The van der Waals surface area contributed by atoms with Crippen LogP contribution < -0.4 is 4.90 Å². The Balaban J connectivity index is 1.34. The van der Waals surface area contributed by atoms with Crippen LogP contribution in [0.2, 0.25) is 0 Å². The first kappa shape index (κ1) is 21.5. The lowest BCUT2D eigenvalue weighted by atomic mass is 10.1. The van der Waals surface area contributed by atoms with Crippen molar-refractivity contribution >= 4 is 33.7 Å². The zero-order valence-electron chi connectivity index (χ0n) is 17.7. The molecule has 160 valence electrons. The van der Waals surface area contributed by atoms with Crippen molar-refractivity contribution in [2.24, 2.45) is 4.99 Å². The number of halogens is 1. The number of rotatable bonds is 5. The van der Waals surface area contributed by atoms with E-state index >= 15 is 0 Å². The lowest BCUT2D eigenvalue weighted by Gasteiger charge is -2.35. The van der Waals surface area contributed by atoms with E-state index in [1.165, 1.54) is 5.56 Å². The second kappa shape index (κ2) is 10.1. The van der Waals surface area contributed by atoms with Crippen molar-refractivity contribution in [3.05, 3.63) is 88.2 Å². The van der Waals surface area contributed by atoms with Crippen LogP contribution in [0.15, 0.2) is 82.0 Å². The summed E-state index contributed by atoms with van der Waals surface area (Å²) in [7, 11) is 2.03. The quantitative estimate of drug-likeness (QED) is 0.624. The van der Waals surface area contributed by atoms with E-state index in [2.05, 4.69) is 55.0 Å². The average molecular weight is 479 g/mol. The molecule has 0 bridgehead atoms. The fraction of sp³-hybridized carbons (Fsp3) is 0.280. The van der Waals surface area contributed by atoms with Crippen molar-refractivity contribution in [1.29, 1.82) is 0 Å². The minimum atomic E-state index is 0.108. The van der Waals surface area contributed by atoms with Crippen LogP contribution >= 0.6 is 15.9 Å². The third-order valence-electron chi connectivity index (χ3n) is 5.77. The lowest BCUT2D eigenvalue weighted by Crippen LogP contribution is -2.48. The number of benzene rings is 2. The van der Waals surface area contributed by atoms with Crippen LogP contribution in [0.3, 0.4) is 0 Å². The number of nitrogens with zero attached hydrogens (tertiary/aromatic N) is 4. The molecule has 1 amide bonds. The number of hydrogen-bond donors (Lipinski definition) is 0. The Morgan fingerprint density at radius 1 is 1.06 bits per heavy atom. The topological polar surface area (TPSA) is 39.2 Å². The Hall–Kier alpha value is -2.70. The molecule has 1 saturated heterocycles. The molecule has 0 atom stereocenters. The highest BCUT2D eigenvalue weighted by Crippen LogP contribution is 2.22. The molecule has 0 spiro atoms. The fourth-order valence-corrected chi connectivity index (χ4v) is 4.28. The summed E-state index contributed by atoms with van der Waals surface area (Å²) in [6, 6.07) is 16.2. The summed E-state index contributed by atoms with van der Waals surface area (Å²) in [6.07, 6.45) is 8.65. The molecule has 2 aromatic carbocycles. The number of allylic oxidation sites excluding steroid dienone is 2. The summed E-state index contributed by atoms with van der Waals surface area (Å²) in [5, 5.41) is 0. The smallest absolute Gasteiger partial charge is 0.253 e. The Bertz CT molecular complexity index is 1000. The Morgan fingerprint density at radius 3 is 2.55 bits per heavy atom. The van der Waals surface area contributed by atoms with Crippen molar-refractivity contribution in [2.75, 3.05) is 38.1 Å². The molecule has 31 heavy (non-hydrogen) atoms. The number of anilines is 1. The van der Waals surface area contributed by atoms with E-state index in [1.54, 1.807) is 0 Å². The Morgan fingerprint density at radius 2 is 1.81 bits per heavy atom. The molecule has 1 fully saturated rings. The molecule has 0 aromatic heterocycles. The minimum absolute atomic E-state index is 0.108. The zero-order valence-corrected chi connectivity index (χ0v) is 19.3. The van der Waals surface area contributed by atoms with Gasteiger partial charge in [-0.2, -0.15) is 0 Å². The maximum absolute atomic E-state index is 13.0. The highest BCUT2D eigenvalue weighted by atomic mass is 79.9. The standard InChI is InChI=1S/C25H27BrN4O/c1-28(22-6-4-13-27-14-12-22)23-10-8-20(9-11-23)25(31)30-17-15-29(16-18-30)19-21-5-2-3-7-24(21)26/h2-3,5-14H,4,15-19H2,1H3. The number of aliphatic imine (C=N–C) groups is 1. The molecule has 2 aliphatic heterocycles. The van der Waals surface area contributed by atoms with Gasteiger partial charge in [0.1, 0.15) is 0 Å². The maximum atomic E-state index is 13.0. The molecule has 0 radical (unpaired) electrons. The van der Waals surface area contributed by atoms with Crippen molar-refractivity contribution in [3.8, 4) is 0 Å². The van der Waals surface area contributed by atoms with Gasteiger partial charge in [0.05, 0.1) is 0 Å². The second-order valence-electron chi connectivity index (χ2n) is 7.78. The highest BCUT2D eigenvalue weighted by molar-refractivity contribution is 9.10. The first-order chi connectivity index (χ1) is 15.1. The van der Waals surface area contributed by atoms with Gasteiger partial charge in [-0.25, -0.2) is 0 Å². The van der Waals surface area contributed by atoms with Crippen molar-refractivity contribution in [2.45, 2.75) is 13.0 Å². The minimum Gasteiger partial charge on any atom is -0.345 e. The van der Waals surface area contributed by atoms with Gasteiger partial charge < -0.3 is 9.80 Å². The fourth-order valence-electron chi connectivity index (χ4n) is 3.87. The largest absolute Gasteiger partial charge is 0.345 e. The van der Waals surface area contributed by atoms with Gasteiger partial charge in [0.25, 0.3) is 5.91 Å². The van der Waals surface area contributed by atoms with E-state index in [-0.39, 0.29) is 5.91 Å². The third-order valence-corrected chi connectivity index (χ3v) is 6.54. The van der Waals surface area contributed by atoms with Gasteiger partial charge in [0.15, 0.2) is 0 Å². The van der Waals surface area contributed by atoms with E-state index in [0.29, 0.717) is 0 Å². The van der Waals surface area contributed by atoms with E-state index in [9.17, 15) is 4.79 Å². The average Bonchev–Trinajstić information content (AvgIpc) is 3.10. The molecule has 5 nitrogen and oxygen atoms in total. The van der Waals surface area contributed by atoms with Crippen LogP contribution in [-0.2, 0) is 6.54 Å². The van der Waals surface area contributed by atoms with Gasteiger partial charge in [-0.3, -0.25) is 14.7 Å². The summed E-state index contributed by atoms with van der Waals surface area (Å²) >= 11 is 3.63. The van der Waals surface area contributed by atoms with E-state index < -0.39 is 0 Å². The number of likely N-dealkylation sites (N-methyl/N-ethyl adjacent to an activating group) is 1. The lowest BCUT2D eigenvalue weighted by molar-refractivity contribution is 0.0628. The van der Waals surface area contributed by atoms with Gasteiger partial charge in [-0.05, 0) is 42.0 Å². The molecule has 0 saturated carbocycles. The first-order valence-corrected chi connectivity index (χ1v) is 11.4. The highest BCUT2D eigenvalue weighted by Gasteiger charge is 2.22. The zero-order chi connectivity index (χ0) is 21.6. The summed E-state index contributed by atoms with van der Waals surface area (Å²) in [5.74, 6) is 0.108. The molecule has 0 N–H and O–H groups in total. The van der Waals surface area contributed by atoms with Crippen LogP contribution in [0, 0.1) is 0 Å². The maximum Gasteiger partial charge on any atom is 0.253 e. The van der Waals surface area contributed by atoms with E-state index in [4.69, 9.17) is 0 Å². The number of hydrogen-bond acceptors (Lipinski definition) is 4. The van der Waals surface area contributed by atoms with Crippen LogP contribution in [0.4, 0.5) is 5.69 Å². The van der Waals surface area contributed by atoms with Gasteiger partial charge in [0, 0.05) is 80.0 Å². The van der Waals surface area contributed by atoms with Crippen molar-refractivity contribution < 1.29 is 4.79 Å². The van der Waals surface area contributed by atoms with Gasteiger partial charge in [-0.1, -0.05) is 40.2 Å². The summed E-state index contributed by atoms with van der Waals surface area (Å²) < 4.78 is 1.14. The van der Waals surface area contributed by atoms with Crippen LogP contribution in [0.5, 0.6) is 0 Å². The molecule has 6 heteroatoms. The van der Waals surface area contributed by atoms with Gasteiger partial charge in [0.2, 0.25) is 0 Å². The molecule has 2 aromatic rings. The van der Waals surface area contributed by atoms with Gasteiger partial charge in [-0.15, -0.1) is 0 Å². The molecule has 2 heterocycles. The summed E-state index contributed by atoms with van der Waals surface area (Å²) in [5.41, 5.74) is 4.17. The monoisotopic (exact) mass is 478 g/mol. The number of amides is 1. The van der Waals surface area contributed by atoms with Gasteiger partial charge >= 0.3 is 0 Å². The Kier molecular flexibility index (Phi) is 6.99. The first-order valence-electron chi connectivity index (χ1n) is 10.6. The predicted molar refractivity (Wildman–Crippen MR) is 130 cm³/mol. The number of carbonyl (C=O) groups excluding carboxylic acids is 1. The van der Waals surface area contributed by atoms with Crippen LogP contribution in [0.25, 0.3) is 0 Å². The summed E-state index contributed by atoms with van der Waals surface area (Å²) in [4.78, 5) is 23.6. The van der Waals surface area contributed by atoms with E-state index in [1.807, 2.05) is 60.8 Å². The van der Waals surface area contributed by atoms with Crippen LogP contribution in [0.1, 0.15) is 22.3 Å². The predicted octanol–water partition coefficient (Wildman–Crippen LogP) is 4.72. The van der Waals surface area contributed by atoms with E-state index in [0.717, 1.165) is 60.6 Å². The summed E-state index contributed by atoms with van der Waals surface area (Å²) in [6.45, 7) is 4.18. The number of carbonyl (C=O) groups is 1. The molecule has 0 unspecified atom stereocenters. The second-order valence-corrected chi connectivity index (χ2v) is 8.63. The Labute approximate surface area is 192 Å². The van der Waals surface area contributed by atoms with Crippen LogP contribution in [-0.4, -0.2) is 55.1 Å². The van der Waals surface area contributed by atoms with Crippen molar-refractivity contribution in [1.82, 2.24) is 9.80 Å². The molecular formula is C25H27BrN4O. The molecular weight excluding hydrogens is 452 g/mol. The SMILES string of the molecule is CN(C1=CCC=NC=C1)c1ccc(C(=O)N2CCN(Cc3ccccc3Br)CC2)cc1. The van der Waals surface area contributed by atoms with Crippen molar-refractivity contribution in [3.63, 3.8) is 0 Å². The normalized spacial score (nSPS) is 16.7. The molecule has 2 aliphatic rings. The number of piperazine rings is 1.